The highest BCUT2D eigenvalue weighted by Gasteiger charge is 2.29. The van der Waals surface area contributed by atoms with Crippen molar-refractivity contribution in [1.29, 1.82) is 0 Å². The van der Waals surface area contributed by atoms with Crippen LogP contribution in [-0.2, 0) is 6.54 Å². The van der Waals surface area contributed by atoms with E-state index < -0.39 is 0 Å². The maximum Gasteiger partial charge on any atom is 0.0540 e. The van der Waals surface area contributed by atoms with Crippen LogP contribution in [0.1, 0.15) is 43.2 Å². The Morgan fingerprint density at radius 2 is 1.81 bits per heavy atom. The van der Waals surface area contributed by atoms with Gasteiger partial charge in [-0.3, -0.25) is 4.90 Å². The summed E-state index contributed by atoms with van der Waals surface area (Å²) in [6.07, 6.45) is 6.25. The molecule has 0 radical (unpaired) electrons. The maximum absolute atomic E-state index is 8.79. The highest BCUT2D eigenvalue weighted by atomic mass is 16.2. The van der Waals surface area contributed by atoms with Gasteiger partial charge in [0.2, 0.25) is 0 Å². The van der Waals surface area contributed by atoms with E-state index in [1.807, 2.05) is 0 Å². The van der Waals surface area contributed by atoms with Crippen molar-refractivity contribution in [3.05, 3.63) is 35.4 Å². The average Bonchev–Trinajstić information content (AvgIpc) is 3.36. The van der Waals surface area contributed by atoms with Crippen LogP contribution in [0.4, 0.5) is 0 Å². The Labute approximate surface area is 128 Å². The minimum atomic E-state index is 0.142. The third kappa shape index (κ3) is 5.19. The molecule has 112 valence electrons. The van der Waals surface area contributed by atoms with Crippen molar-refractivity contribution in [2.24, 2.45) is 11.8 Å². The number of rotatable bonds is 7. The predicted molar refractivity (Wildman–Crippen MR) is 85.7 cm³/mol. The van der Waals surface area contributed by atoms with Crippen LogP contribution in [0.5, 0.6) is 0 Å². The van der Waals surface area contributed by atoms with E-state index in [0.717, 1.165) is 23.9 Å². The second-order valence-corrected chi connectivity index (χ2v) is 6.56. The largest absolute Gasteiger partial charge is 0.395 e. The quantitative estimate of drug-likeness (QED) is 0.778. The summed E-state index contributed by atoms with van der Waals surface area (Å²) in [5, 5.41) is 8.79. The van der Waals surface area contributed by atoms with Crippen molar-refractivity contribution in [2.45, 2.75) is 38.6 Å². The van der Waals surface area contributed by atoms with Gasteiger partial charge in [-0.1, -0.05) is 24.0 Å². The fourth-order valence-electron chi connectivity index (χ4n) is 2.76. The van der Waals surface area contributed by atoms with Gasteiger partial charge >= 0.3 is 0 Å². The Balaban J connectivity index is 1.60. The summed E-state index contributed by atoms with van der Waals surface area (Å²) < 4.78 is 0. The van der Waals surface area contributed by atoms with Gasteiger partial charge in [0.05, 0.1) is 6.61 Å². The average molecular weight is 283 g/mol. The van der Waals surface area contributed by atoms with Gasteiger partial charge in [-0.25, -0.2) is 0 Å². The lowest BCUT2D eigenvalue weighted by atomic mass is 10.1. The standard InChI is InChI=1S/C19H25NO/c21-11-2-1-4-16-5-3-6-19(12-16)15-20(13-17-7-8-17)14-18-9-10-18/h3,5-6,12,17-18,21H,2,7-11,13-15H2. The van der Waals surface area contributed by atoms with E-state index >= 15 is 0 Å². The summed E-state index contributed by atoms with van der Waals surface area (Å²) in [5.41, 5.74) is 2.44. The molecule has 2 aliphatic carbocycles. The third-order valence-electron chi connectivity index (χ3n) is 4.23. The van der Waals surface area contributed by atoms with Gasteiger partial charge in [0.1, 0.15) is 0 Å². The fraction of sp³-hybridized carbons (Fsp3) is 0.579. The molecule has 1 aromatic carbocycles. The number of aliphatic hydroxyl groups is 1. The monoisotopic (exact) mass is 283 g/mol. The van der Waals surface area contributed by atoms with E-state index in [0.29, 0.717) is 6.42 Å². The van der Waals surface area contributed by atoms with Crippen LogP contribution in [-0.4, -0.2) is 29.7 Å². The molecular weight excluding hydrogens is 258 g/mol. The van der Waals surface area contributed by atoms with Crippen LogP contribution >= 0.6 is 0 Å². The molecule has 0 spiro atoms. The molecule has 2 heteroatoms. The second-order valence-electron chi connectivity index (χ2n) is 6.56. The summed E-state index contributed by atoms with van der Waals surface area (Å²) in [4.78, 5) is 2.65. The van der Waals surface area contributed by atoms with E-state index in [-0.39, 0.29) is 6.61 Å². The topological polar surface area (TPSA) is 23.5 Å². The van der Waals surface area contributed by atoms with Crippen molar-refractivity contribution in [3.8, 4) is 11.8 Å². The molecule has 1 N–H and O–H groups in total. The molecule has 0 aromatic heterocycles. The summed E-state index contributed by atoms with van der Waals surface area (Å²) >= 11 is 0. The molecule has 0 bridgehead atoms. The molecule has 0 amide bonds. The van der Waals surface area contributed by atoms with Gasteiger partial charge in [-0.15, -0.1) is 0 Å². The van der Waals surface area contributed by atoms with Gasteiger partial charge in [0, 0.05) is 31.6 Å². The van der Waals surface area contributed by atoms with Crippen LogP contribution in [0.15, 0.2) is 24.3 Å². The zero-order valence-corrected chi connectivity index (χ0v) is 12.7. The van der Waals surface area contributed by atoms with E-state index in [9.17, 15) is 0 Å². The van der Waals surface area contributed by atoms with Gasteiger partial charge < -0.3 is 5.11 Å². The first-order chi connectivity index (χ1) is 10.3. The van der Waals surface area contributed by atoms with Gasteiger partial charge in [-0.2, -0.15) is 0 Å². The second kappa shape index (κ2) is 7.11. The number of hydrogen-bond donors (Lipinski definition) is 1. The predicted octanol–water partition coefficient (Wildman–Crippen LogP) is 3.04. The Kier molecular flexibility index (Phi) is 4.95. The molecule has 0 atom stereocenters. The van der Waals surface area contributed by atoms with Gasteiger partial charge in [-0.05, 0) is 55.2 Å². The molecule has 0 saturated heterocycles. The van der Waals surface area contributed by atoms with E-state index in [4.69, 9.17) is 5.11 Å². The summed E-state index contributed by atoms with van der Waals surface area (Å²) in [7, 11) is 0. The Morgan fingerprint density at radius 1 is 1.10 bits per heavy atom. The van der Waals surface area contributed by atoms with Crippen LogP contribution in [0.25, 0.3) is 0 Å². The Bertz CT molecular complexity index is 506. The molecule has 3 rings (SSSR count). The van der Waals surface area contributed by atoms with E-state index in [1.54, 1.807) is 0 Å². The summed E-state index contributed by atoms with van der Waals surface area (Å²) in [5.74, 6) is 8.05. The lowest BCUT2D eigenvalue weighted by Gasteiger charge is -2.22. The molecular formula is C19H25NO. The molecule has 1 aromatic rings. The molecule has 0 unspecified atom stereocenters. The summed E-state index contributed by atoms with van der Waals surface area (Å²) in [6, 6.07) is 8.58. The van der Waals surface area contributed by atoms with Crippen LogP contribution in [0.2, 0.25) is 0 Å². The third-order valence-corrected chi connectivity index (χ3v) is 4.23. The lowest BCUT2D eigenvalue weighted by Crippen LogP contribution is -2.27. The van der Waals surface area contributed by atoms with E-state index in [2.05, 4.69) is 41.0 Å². The molecule has 2 saturated carbocycles. The smallest absolute Gasteiger partial charge is 0.0540 e. The number of hydrogen-bond acceptors (Lipinski definition) is 2. The molecule has 21 heavy (non-hydrogen) atoms. The fourth-order valence-corrected chi connectivity index (χ4v) is 2.76. The number of aliphatic hydroxyl groups excluding tert-OH is 1. The highest BCUT2D eigenvalue weighted by molar-refractivity contribution is 5.37. The molecule has 2 fully saturated rings. The van der Waals surface area contributed by atoms with Crippen molar-refractivity contribution in [3.63, 3.8) is 0 Å². The van der Waals surface area contributed by atoms with Crippen molar-refractivity contribution < 1.29 is 5.11 Å². The maximum atomic E-state index is 8.79. The van der Waals surface area contributed by atoms with E-state index in [1.165, 1.54) is 44.3 Å². The first-order valence-corrected chi connectivity index (χ1v) is 8.24. The normalized spacial score (nSPS) is 17.6. The zero-order valence-electron chi connectivity index (χ0n) is 12.7. The van der Waals surface area contributed by atoms with Crippen LogP contribution in [0.3, 0.4) is 0 Å². The van der Waals surface area contributed by atoms with Gasteiger partial charge in [0.15, 0.2) is 0 Å². The zero-order chi connectivity index (χ0) is 14.5. The minimum absolute atomic E-state index is 0.142. The number of benzene rings is 1. The van der Waals surface area contributed by atoms with Crippen molar-refractivity contribution in [2.75, 3.05) is 19.7 Å². The Morgan fingerprint density at radius 3 is 2.43 bits per heavy atom. The molecule has 2 aliphatic rings. The Hall–Kier alpha value is -1.30. The summed E-state index contributed by atoms with van der Waals surface area (Å²) in [6.45, 7) is 3.75. The molecule has 2 nitrogen and oxygen atoms in total. The first-order valence-electron chi connectivity index (χ1n) is 8.24. The highest BCUT2D eigenvalue weighted by Crippen LogP contribution is 2.34. The van der Waals surface area contributed by atoms with Crippen molar-refractivity contribution in [1.82, 2.24) is 4.90 Å². The van der Waals surface area contributed by atoms with Crippen LogP contribution in [0, 0.1) is 23.7 Å². The lowest BCUT2D eigenvalue weighted by molar-refractivity contribution is 0.244. The first kappa shape index (κ1) is 14.6. The van der Waals surface area contributed by atoms with Crippen molar-refractivity contribution >= 4 is 0 Å². The molecule has 0 aliphatic heterocycles. The van der Waals surface area contributed by atoms with Crippen LogP contribution < -0.4 is 0 Å². The minimum Gasteiger partial charge on any atom is -0.395 e. The van der Waals surface area contributed by atoms with Gasteiger partial charge in [0.25, 0.3) is 0 Å². The number of nitrogens with zero attached hydrogens (tertiary/aromatic N) is 1. The molecule has 0 heterocycles. The SMILES string of the molecule is OCCC#Cc1cccc(CN(CC2CC2)CC2CC2)c1.